The van der Waals surface area contributed by atoms with Crippen LogP contribution in [0.5, 0.6) is 0 Å². The number of nitrogen functional groups attached to an aromatic ring is 1. The van der Waals surface area contributed by atoms with Crippen LogP contribution in [0.15, 0.2) is 24.4 Å². The predicted molar refractivity (Wildman–Crippen MR) is 114 cm³/mol. The van der Waals surface area contributed by atoms with E-state index in [9.17, 15) is 10.2 Å². The van der Waals surface area contributed by atoms with Crippen molar-refractivity contribution in [3.05, 3.63) is 52.5 Å². The molecule has 5 heteroatoms. The molecule has 2 aliphatic carbocycles. The van der Waals surface area contributed by atoms with Crippen molar-refractivity contribution in [2.24, 2.45) is 23.7 Å². The van der Waals surface area contributed by atoms with Crippen LogP contribution in [0.2, 0.25) is 0 Å². The molecule has 4 rings (SSSR count). The molecule has 0 aliphatic heterocycles. The molecule has 0 amide bonds. The number of aromatic nitrogens is 2. The molecule has 0 fully saturated rings. The summed E-state index contributed by atoms with van der Waals surface area (Å²) in [5, 5.41) is 21.8. The van der Waals surface area contributed by atoms with Gasteiger partial charge in [-0.1, -0.05) is 26.8 Å². The minimum absolute atomic E-state index is 0.178. The van der Waals surface area contributed by atoms with Gasteiger partial charge in [0.1, 0.15) is 5.82 Å². The van der Waals surface area contributed by atoms with Crippen LogP contribution >= 0.6 is 0 Å². The first kappa shape index (κ1) is 20.3. The Morgan fingerprint density at radius 1 is 1.00 bits per heavy atom. The Bertz CT molecular complexity index is 882. The Balaban J connectivity index is 1.51. The summed E-state index contributed by atoms with van der Waals surface area (Å²) < 4.78 is 0. The van der Waals surface area contributed by atoms with Crippen LogP contribution in [0, 0.1) is 23.7 Å². The van der Waals surface area contributed by atoms with E-state index in [2.05, 4.69) is 36.8 Å². The maximum Gasteiger partial charge on any atom is 0.123 e. The summed E-state index contributed by atoms with van der Waals surface area (Å²) in [6, 6.07) is 5.85. The number of hydrogen-bond acceptors (Lipinski definition) is 5. The molecule has 2 aromatic heterocycles. The first-order valence-electron chi connectivity index (χ1n) is 10.9. The highest BCUT2D eigenvalue weighted by Crippen LogP contribution is 2.41. The van der Waals surface area contributed by atoms with E-state index in [0.29, 0.717) is 23.6 Å². The Kier molecular flexibility index (Phi) is 5.63. The monoisotopic (exact) mass is 395 g/mol. The van der Waals surface area contributed by atoms with E-state index in [1.807, 2.05) is 12.3 Å². The molecule has 156 valence electrons. The summed E-state index contributed by atoms with van der Waals surface area (Å²) >= 11 is 0. The second-order valence-electron chi connectivity index (χ2n) is 9.37. The van der Waals surface area contributed by atoms with Crippen LogP contribution in [-0.4, -0.2) is 20.2 Å². The van der Waals surface area contributed by atoms with Crippen LogP contribution in [0.3, 0.4) is 0 Å². The van der Waals surface area contributed by atoms with E-state index in [1.54, 1.807) is 6.07 Å². The SMILES string of the molecule is CC(C)C1CCc2ncc(CC(C)C3CCc4nc(N)ccc4C3O)cc2C1O. The first-order valence-corrected chi connectivity index (χ1v) is 10.9. The average molecular weight is 396 g/mol. The number of pyridine rings is 2. The van der Waals surface area contributed by atoms with Crippen molar-refractivity contribution in [3.63, 3.8) is 0 Å². The highest BCUT2D eigenvalue weighted by atomic mass is 16.3. The van der Waals surface area contributed by atoms with Gasteiger partial charge in [-0.2, -0.15) is 0 Å². The number of fused-ring (bicyclic) bond motifs is 2. The van der Waals surface area contributed by atoms with Gasteiger partial charge in [0.25, 0.3) is 0 Å². The van der Waals surface area contributed by atoms with E-state index in [0.717, 1.165) is 60.2 Å². The van der Waals surface area contributed by atoms with Crippen LogP contribution in [0.1, 0.15) is 73.9 Å². The van der Waals surface area contributed by atoms with Crippen molar-refractivity contribution in [1.82, 2.24) is 9.97 Å². The molecule has 0 radical (unpaired) electrons. The molecule has 0 saturated heterocycles. The molecule has 4 N–H and O–H groups in total. The Labute approximate surface area is 173 Å². The molecular weight excluding hydrogens is 362 g/mol. The zero-order valence-electron chi connectivity index (χ0n) is 17.7. The molecule has 0 saturated carbocycles. The smallest absolute Gasteiger partial charge is 0.123 e. The highest BCUT2D eigenvalue weighted by Gasteiger charge is 2.34. The topological polar surface area (TPSA) is 92.3 Å². The van der Waals surface area contributed by atoms with Gasteiger partial charge in [-0.05, 0) is 73.5 Å². The van der Waals surface area contributed by atoms with Gasteiger partial charge in [-0.15, -0.1) is 0 Å². The van der Waals surface area contributed by atoms with Gasteiger partial charge in [0, 0.05) is 28.7 Å². The summed E-state index contributed by atoms with van der Waals surface area (Å²) in [7, 11) is 0. The fourth-order valence-corrected chi connectivity index (χ4v) is 5.33. The summed E-state index contributed by atoms with van der Waals surface area (Å²) in [5.74, 6) is 1.75. The maximum atomic E-state index is 11.0. The zero-order chi connectivity index (χ0) is 20.7. The normalized spacial score (nSPS) is 27.4. The molecule has 0 bridgehead atoms. The van der Waals surface area contributed by atoms with E-state index in [1.165, 1.54) is 0 Å². The number of aliphatic hydroxyl groups excluding tert-OH is 2. The predicted octanol–water partition coefficient (Wildman–Crippen LogP) is 3.79. The van der Waals surface area contributed by atoms with E-state index >= 15 is 0 Å². The van der Waals surface area contributed by atoms with Crippen LogP contribution < -0.4 is 5.73 Å². The lowest BCUT2D eigenvalue weighted by Crippen LogP contribution is -2.28. The number of anilines is 1. The number of nitrogens with zero attached hydrogens (tertiary/aromatic N) is 2. The second-order valence-corrected chi connectivity index (χ2v) is 9.37. The van der Waals surface area contributed by atoms with Crippen molar-refractivity contribution in [3.8, 4) is 0 Å². The minimum atomic E-state index is -0.511. The first-order chi connectivity index (χ1) is 13.8. The highest BCUT2D eigenvalue weighted by molar-refractivity contribution is 5.37. The molecule has 5 nitrogen and oxygen atoms in total. The quantitative estimate of drug-likeness (QED) is 0.733. The van der Waals surface area contributed by atoms with Crippen molar-refractivity contribution < 1.29 is 10.2 Å². The molecule has 2 aromatic rings. The number of aryl methyl sites for hydroxylation is 2. The van der Waals surface area contributed by atoms with Gasteiger partial charge in [-0.25, -0.2) is 4.98 Å². The lowest BCUT2D eigenvalue weighted by molar-refractivity contribution is 0.0604. The fraction of sp³-hybridized carbons (Fsp3) is 0.583. The van der Waals surface area contributed by atoms with E-state index < -0.39 is 12.2 Å². The van der Waals surface area contributed by atoms with Gasteiger partial charge in [-0.3, -0.25) is 4.98 Å². The van der Waals surface area contributed by atoms with E-state index in [-0.39, 0.29) is 5.92 Å². The van der Waals surface area contributed by atoms with Crippen molar-refractivity contribution in [2.45, 2.75) is 65.1 Å². The lowest BCUT2D eigenvalue weighted by Gasteiger charge is -2.34. The molecular formula is C24H33N3O2. The third kappa shape index (κ3) is 3.90. The van der Waals surface area contributed by atoms with Gasteiger partial charge in [0.2, 0.25) is 0 Å². The molecule has 0 spiro atoms. The molecule has 2 aliphatic rings. The molecule has 5 atom stereocenters. The van der Waals surface area contributed by atoms with Gasteiger partial charge in [0.05, 0.1) is 12.2 Å². The number of nitrogens with two attached hydrogens (primary N) is 1. The number of aliphatic hydroxyl groups is 2. The average Bonchev–Trinajstić information content (AvgIpc) is 2.68. The third-order valence-electron chi connectivity index (χ3n) is 7.11. The largest absolute Gasteiger partial charge is 0.388 e. The summed E-state index contributed by atoms with van der Waals surface area (Å²) in [4.78, 5) is 9.08. The molecule has 2 heterocycles. The van der Waals surface area contributed by atoms with Crippen LogP contribution in [-0.2, 0) is 19.3 Å². The lowest BCUT2D eigenvalue weighted by atomic mass is 9.74. The van der Waals surface area contributed by atoms with Crippen molar-refractivity contribution >= 4 is 5.82 Å². The van der Waals surface area contributed by atoms with Gasteiger partial charge >= 0.3 is 0 Å². The summed E-state index contributed by atoms with van der Waals surface area (Å²) in [6.07, 6.45) is 5.57. The number of hydrogen-bond donors (Lipinski definition) is 3. The number of rotatable bonds is 4. The second kappa shape index (κ2) is 8.04. The standard InChI is InChI=1S/C24H33N3O2/c1-13(2)16-4-7-20-19(23(16)28)11-15(12-26-20)10-14(3)17-5-8-21-18(24(17)29)6-9-22(25)27-21/h6,9,11-14,16-17,23-24,28-29H,4-5,7-8,10H2,1-3H3,(H2,25,27). The van der Waals surface area contributed by atoms with E-state index in [4.69, 9.17) is 5.73 Å². The van der Waals surface area contributed by atoms with Crippen molar-refractivity contribution in [2.75, 3.05) is 5.73 Å². The van der Waals surface area contributed by atoms with Crippen LogP contribution in [0.25, 0.3) is 0 Å². The summed E-state index contributed by atoms with van der Waals surface area (Å²) in [5.41, 5.74) is 10.8. The Morgan fingerprint density at radius 2 is 1.69 bits per heavy atom. The Hall–Kier alpha value is -1.98. The summed E-state index contributed by atoms with van der Waals surface area (Å²) in [6.45, 7) is 6.57. The molecule has 5 unspecified atom stereocenters. The van der Waals surface area contributed by atoms with Gasteiger partial charge in [0.15, 0.2) is 0 Å². The van der Waals surface area contributed by atoms with Crippen LogP contribution in [0.4, 0.5) is 5.82 Å². The van der Waals surface area contributed by atoms with Gasteiger partial charge < -0.3 is 15.9 Å². The molecule has 0 aromatic carbocycles. The van der Waals surface area contributed by atoms with Crippen molar-refractivity contribution in [1.29, 1.82) is 0 Å². The third-order valence-corrected chi connectivity index (χ3v) is 7.11. The zero-order valence-corrected chi connectivity index (χ0v) is 17.7. The molecule has 29 heavy (non-hydrogen) atoms. The maximum absolute atomic E-state index is 11.0. The minimum Gasteiger partial charge on any atom is -0.388 e. The Morgan fingerprint density at radius 3 is 2.45 bits per heavy atom. The fourth-order valence-electron chi connectivity index (χ4n) is 5.33.